The van der Waals surface area contributed by atoms with E-state index in [1.807, 2.05) is 0 Å². The van der Waals surface area contributed by atoms with Gasteiger partial charge in [0.2, 0.25) is 11.9 Å². The number of carbonyl (C=O) groups is 3. The van der Waals surface area contributed by atoms with E-state index in [1.165, 1.54) is 6.20 Å². The number of H-pyrrole nitrogens is 1. The second kappa shape index (κ2) is 21.4. The lowest BCUT2D eigenvalue weighted by molar-refractivity contribution is -0.142. The fourth-order valence-corrected chi connectivity index (χ4v) is 4.49. The molecule has 0 bridgehead atoms. The van der Waals surface area contributed by atoms with Crippen LogP contribution in [0.5, 0.6) is 0 Å². The minimum absolute atomic E-state index is 0.00797. The number of carbonyl (C=O) groups excluding carboxylic acids is 2. The van der Waals surface area contributed by atoms with Gasteiger partial charge in [-0.1, -0.05) is 6.92 Å². The molecule has 0 radical (unpaired) electrons. The van der Waals surface area contributed by atoms with Gasteiger partial charge in [-0.15, -0.1) is 0 Å². The molecule has 7 N–H and O–H groups in total. The van der Waals surface area contributed by atoms with Gasteiger partial charge in [0.15, 0.2) is 16.9 Å². The van der Waals surface area contributed by atoms with Crippen molar-refractivity contribution in [2.45, 2.75) is 45.6 Å². The highest BCUT2D eigenvalue weighted by atomic mass is 16.5. The van der Waals surface area contributed by atoms with Crippen LogP contribution in [0.3, 0.4) is 0 Å². The molecule has 0 aliphatic heterocycles. The zero-order valence-corrected chi connectivity index (χ0v) is 27.3. The summed E-state index contributed by atoms with van der Waals surface area (Å²) in [4.78, 5) is 63.7. The molecule has 0 fully saturated rings. The molecule has 0 saturated heterocycles. The molecule has 2 aromatic heterocycles. The second-order valence-corrected chi connectivity index (χ2v) is 10.9. The normalized spacial score (nSPS) is 11.8. The first-order valence-electron chi connectivity index (χ1n) is 16.1. The maximum absolute atomic E-state index is 12.8. The number of nitrogens with zero attached hydrogens (tertiary/aromatic N) is 3. The molecule has 0 aliphatic rings. The van der Waals surface area contributed by atoms with Gasteiger partial charge in [-0.05, 0) is 56.6 Å². The first-order valence-corrected chi connectivity index (χ1v) is 16.1. The first-order chi connectivity index (χ1) is 23.3. The van der Waals surface area contributed by atoms with Crippen LogP contribution in [0.4, 0.5) is 11.6 Å². The number of anilines is 2. The molecule has 0 aliphatic carbocycles. The summed E-state index contributed by atoms with van der Waals surface area (Å²) >= 11 is 0. The van der Waals surface area contributed by atoms with Crippen LogP contribution in [0.1, 0.15) is 55.1 Å². The summed E-state index contributed by atoms with van der Waals surface area (Å²) in [6, 6.07) is 6.55. The van der Waals surface area contributed by atoms with E-state index in [4.69, 9.17) is 19.9 Å². The van der Waals surface area contributed by atoms with Gasteiger partial charge in [-0.2, -0.15) is 4.98 Å². The molecule has 262 valence electrons. The molecule has 3 aromatic rings. The van der Waals surface area contributed by atoms with Gasteiger partial charge in [-0.3, -0.25) is 24.2 Å². The molecule has 0 unspecified atom stereocenters. The van der Waals surface area contributed by atoms with Crippen molar-refractivity contribution < 1.29 is 33.7 Å². The van der Waals surface area contributed by atoms with Crippen molar-refractivity contribution in [3.63, 3.8) is 0 Å². The van der Waals surface area contributed by atoms with Crippen LogP contribution < -0.4 is 27.2 Å². The Morgan fingerprint density at radius 2 is 1.62 bits per heavy atom. The average molecular weight is 671 g/mol. The lowest BCUT2D eigenvalue weighted by Gasteiger charge is -2.12. The van der Waals surface area contributed by atoms with E-state index in [0.717, 1.165) is 19.5 Å². The predicted molar refractivity (Wildman–Crippen MR) is 179 cm³/mol. The van der Waals surface area contributed by atoms with Crippen LogP contribution in [0.2, 0.25) is 0 Å². The highest BCUT2D eigenvalue weighted by Gasteiger charge is 2.23. The van der Waals surface area contributed by atoms with E-state index in [9.17, 15) is 24.3 Å². The van der Waals surface area contributed by atoms with Crippen LogP contribution >= 0.6 is 0 Å². The zero-order valence-electron chi connectivity index (χ0n) is 27.3. The number of Topliss-reactive ketones (excluding diaryl/α,β-unsaturated/α-hetero) is 1. The Morgan fingerprint density at radius 1 is 0.958 bits per heavy atom. The van der Waals surface area contributed by atoms with Crippen molar-refractivity contribution in [1.29, 1.82) is 0 Å². The Kier molecular flexibility index (Phi) is 16.9. The number of aromatic amines is 1. The van der Waals surface area contributed by atoms with Gasteiger partial charge < -0.3 is 41.0 Å². The number of amides is 1. The van der Waals surface area contributed by atoms with E-state index < -0.39 is 17.4 Å². The second-order valence-electron chi connectivity index (χ2n) is 10.9. The van der Waals surface area contributed by atoms with Gasteiger partial charge in [-0.25, -0.2) is 9.97 Å². The van der Waals surface area contributed by atoms with Crippen LogP contribution in [-0.2, 0) is 30.3 Å². The fraction of sp³-hybridized carbons (Fsp3) is 0.531. The monoisotopic (exact) mass is 670 g/mol. The van der Waals surface area contributed by atoms with Gasteiger partial charge in [0.25, 0.3) is 5.56 Å². The largest absolute Gasteiger partial charge is 0.481 e. The summed E-state index contributed by atoms with van der Waals surface area (Å²) in [5.41, 5.74) is 6.78. The highest BCUT2D eigenvalue weighted by Crippen LogP contribution is 2.18. The summed E-state index contributed by atoms with van der Waals surface area (Å²) in [5, 5.41) is 18.8. The Hall–Kier alpha value is -4.51. The molecular weight excluding hydrogens is 624 g/mol. The van der Waals surface area contributed by atoms with Gasteiger partial charge in [0.1, 0.15) is 0 Å². The zero-order chi connectivity index (χ0) is 34.6. The molecular formula is C32H46N8O8. The van der Waals surface area contributed by atoms with Crippen molar-refractivity contribution in [3.8, 4) is 0 Å². The number of aromatic nitrogens is 4. The van der Waals surface area contributed by atoms with Crippen molar-refractivity contribution in [2.75, 3.05) is 70.3 Å². The van der Waals surface area contributed by atoms with Gasteiger partial charge in [0, 0.05) is 43.9 Å². The third-order valence-corrected chi connectivity index (χ3v) is 7.09. The van der Waals surface area contributed by atoms with E-state index in [-0.39, 0.29) is 54.6 Å². The van der Waals surface area contributed by atoms with Crippen LogP contribution in [0.15, 0.2) is 35.3 Å². The average Bonchev–Trinajstić information content (AvgIpc) is 3.07. The Labute approximate surface area is 278 Å². The van der Waals surface area contributed by atoms with Crippen LogP contribution in [-0.4, -0.2) is 102 Å². The van der Waals surface area contributed by atoms with E-state index in [1.54, 1.807) is 24.3 Å². The van der Waals surface area contributed by atoms with Crippen LogP contribution in [0, 0.1) is 5.92 Å². The minimum atomic E-state index is -1.13. The van der Waals surface area contributed by atoms with Crippen molar-refractivity contribution in [2.24, 2.45) is 5.92 Å². The number of carboxylic acids is 1. The lowest BCUT2D eigenvalue weighted by atomic mass is 9.94. The number of rotatable bonds is 25. The van der Waals surface area contributed by atoms with E-state index in [0.29, 0.717) is 69.6 Å². The van der Waals surface area contributed by atoms with Crippen LogP contribution in [0.25, 0.3) is 11.2 Å². The molecule has 2 heterocycles. The molecule has 1 aromatic carbocycles. The van der Waals surface area contributed by atoms with E-state index >= 15 is 0 Å². The quantitative estimate of drug-likeness (QED) is 0.0554. The van der Waals surface area contributed by atoms with E-state index in [2.05, 4.69) is 42.8 Å². The molecule has 1 amide bonds. The fourth-order valence-electron chi connectivity index (χ4n) is 4.49. The summed E-state index contributed by atoms with van der Waals surface area (Å²) in [7, 11) is 0. The molecule has 16 nitrogen and oxygen atoms in total. The van der Waals surface area contributed by atoms with Gasteiger partial charge in [0.05, 0.1) is 50.8 Å². The number of carboxylic acid groups (broad SMARTS) is 1. The number of hydrogen-bond donors (Lipinski definition) is 6. The summed E-state index contributed by atoms with van der Waals surface area (Å²) in [6.07, 6.45) is 2.86. The highest BCUT2D eigenvalue weighted by molar-refractivity contribution is 5.98. The molecule has 16 heteroatoms. The topological polar surface area (TPSA) is 233 Å². The summed E-state index contributed by atoms with van der Waals surface area (Å²) in [6.45, 7) is 7.75. The lowest BCUT2D eigenvalue weighted by Crippen LogP contribution is -2.27. The number of nitrogens with one attached hydrogen (secondary N) is 4. The van der Waals surface area contributed by atoms with Crippen molar-refractivity contribution >= 4 is 40.5 Å². The van der Waals surface area contributed by atoms with Gasteiger partial charge >= 0.3 is 5.97 Å². The summed E-state index contributed by atoms with van der Waals surface area (Å²) < 4.78 is 16.4. The molecule has 48 heavy (non-hydrogen) atoms. The Balaban J connectivity index is 1.27. The summed E-state index contributed by atoms with van der Waals surface area (Å²) in [5.74, 6) is -2.79. The molecule has 1 atom stereocenters. The number of hydrogen-bond acceptors (Lipinski definition) is 13. The number of benzene rings is 1. The number of ether oxygens (including phenoxy) is 3. The molecule has 0 spiro atoms. The number of nitrogens with two attached hydrogens (primary N) is 1. The molecule has 0 saturated carbocycles. The number of nitrogen functional groups attached to an aromatic ring is 1. The van der Waals surface area contributed by atoms with Crippen molar-refractivity contribution in [3.05, 3.63) is 52.1 Å². The standard InChI is InChI=1S/C32H46N8O8/c1-2-34-11-3-13-46-15-17-48-18-16-47-14-4-12-35-27(42)10-7-23(31(44)45)19-26(41)22-5-8-24(9-6-22)36-20-25-21-37-29-28(38-25)30(43)40-32(33)39-29/h5-6,8-9,21,23,34,36H,2-4,7,10-20H2,1H3,(H,35,42)(H,44,45)(H3,33,37,39,40,43)/t23-/m0/s1. The molecule has 3 rings (SSSR count). The number of ketones is 1. The first kappa shape index (κ1) is 37.9. The number of fused-ring (bicyclic) bond motifs is 1. The third-order valence-electron chi connectivity index (χ3n) is 7.09. The SMILES string of the molecule is CCNCCCOCCOCCOCCCNC(=O)CC[C@@H](CC(=O)c1ccc(NCc2cnc3nc(N)[nH]c(=O)c3n2)cc1)C(=O)O. The van der Waals surface area contributed by atoms with Crippen molar-refractivity contribution in [1.82, 2.24) is 30.6 Å². The maximum atomic E-state index is 12.8. The Morgan fingerprint density at radius 3 is 2.29 bits per heavy atom. The third kappa shape index (κ3) is 14.1. The maximum Gasteiger partial charge on any atom is 0.306 e. The predicted octanol–water partition coefficient (Wildman–Crippen LogP) is 1.52. The Bertz CT molecular complexity index is 1500. The smallest absolute Gasteiger partial charge is 0.306 e. The minimum Gasteiger partial charge on any atom is -0.481 e. The number of aliphatic carboxylic acids is 1.